The summed E-state index contributed by atoms with van der Waals surface area (Å²) in [6.45, 7) is 4.80. The Morgan fingerprint density at radius 2 is 2.05 bits per heavy atom. The van der Waals surface area contributed by atoms with Crippen LogP contribution in [0.2, 0.25) is 0 Å². The number of hydrogen-bond donors (Lipinski definition) is 1. The van der Waals surface area contributed by atoms with Gasteiger partial charge in [0.15, 0.2) is 0 Å². The van der Waals surface area contributed by atoms with Crippen LogP contribution in [0.5, 0.6) is 0 Å². The van der Waals surface area contributed by atoms with Crippen molar-refractivity contribution in [3.8, 4) is 6.07 Å². The largest absolute Gasteiger partial charge is 0.250 e. The minimum atomic E-state index is -0.260. The quantitative estimate of drug-likeness (QED) is 0.909. The Morgan fingerprint density at radius 3 is 2.68 bits per heavy atom. The summed E-state index contributed by atoms with van der Waals surface area (Å²) < 4.78 is 13.7. The molecule has 1 aliphatic heterocycles. The van der Waals surface area contributed by atoms with Crippen molar-refractivity contribution in [1.82, 2.24) is 10.4 Å². The first-order valence-electron chi connectivity index (χ1n) is 6.82. The molecule has 4 heteroatoms. The third-order valence-electron chi connectivity index (χ3n) is 3.82. The molecular formula is C15H20FN3. The van der Waals surface area contributed by atoms with Gasteiger partial charge < -0.3 is 0 Å². The van der Waals surface area contributed by atoms with Crippen LogP contribution >= 0.6 is 0 Å². The first kappa shape index (κ1) is 14.0. The van der Waals surface area contributed by atoms with Crippen molar-refractivity contribution in [2.45, 2.75) is 51.7 Å². The topological polar surface area (TPSA) is 39.1 Å². The highest BCUT2D eigenvalue weighted by Crippen LogP contribution is 2.21. The molecule has 2 rings (SSSR count). The second-order valence-electron chi connectivity index (χ2n) is 5.29. The van der Waals surface area contributed by atoms with Gasteiger partial charge in [0.25, 0.3) is 0 Å². The Morgan fingerprint density at radius 1 is 1.37 bits per heavy atom. The Kier molecular flexibility index (Phi) is 4.52. The van der Waals surface area contributed by atoms with E-state index in [4.69, 9.17) is 5.26 Å². The summed E-state index contributed by atoms with van der Waals surface area (Å²) in [6.07, 6.45) is 3.58. The molecule has 2 unspecified atom stereocenters. The number of halogens is 1. The van der Waals surface area contributed by atoms with Gasteiger partial charge in [-0.2, -0.15) is 5.26 Å². The summed E-state index contributed by atoms with van der Waals surface area (Å²) in [5.41, 5.74) is 4.36. The molecule has 1 heterocycles. The van der Waals surface area contributed by atoms with Crippen LogP contribution in [0.4, 0.5) is 4.39 Å². The number of nitriles is 1. The summed E-state index contributed by atoms with van der Waals surface area (Å²) in [5, 5.41) is 11.1. The zero-order valence-electron chi connectivity index (χ0n) is 11.5. The lowest BCUT2D eigenvalue weighted by atomic mass is 10.00. The van der Waals surface area contributed by atoms with E-state index in [2.05, 4.69) is 24.3 Å². The number of piperidine rings is 1. The predicted molar refractivity (Wildman–Crippen MR) is 72.6 cm³/mol. The fraction of sp³-hybridized carbons (Fsp3) is 0.533. The van der Waals surface area contributed by atoms with Crippen molar-refractivity contribution in [2.24, 2.45) is 0 Å². The molecule has 0 radical (unpaired) electrons. The average molecular weight is 261 g/mol. The van der Waals surface area contributed by atoms with Gasteiger partial charge in [-0.25, -0.2) is 9.40 Å². The monoisotopic (exact) mass is 261 g/mol. The molecule has 0 aromatic heterocycles. The molecule has 0 amide bonds. The lowest BCUT2D eigenvalue weighted by Crippen LogP contribution is -2.51. The maximum absolute atomic E-state index is 13.7. The van der Waals surface area contributed by atoms with Gasteiger partial charge in [0.2, 0.25) is 0 Å². The number of hydrogen-bond acceptors (Lipinski definition) is 3. The van der Waals surface area contributed by atoms with E-state index in [1.54, 1.807) is 6.07 Å². The molecule has 1 N–H and O–H groups in total. The van der Waals surface area contributed by atoms with Crippen LogP contribution in [0.1, 0.15) is 44.2 Å². The van der Waals surface area contributed by atoms with Crippen molar-refractivity contribution >= 4 is 0 Å². The number of rotatable bonds is 3. The highest BCUT2D eigenvalue weighted by atomic mass is 19.1. The molecule has 1 aliphatic rings. The summed E-state index contributed by atoms with van der Waals surface area (Å²) >= 11 is 0. The van der Waals surface area contributed by atoms with Crippen molar-refractivity contribution in [3.05, 3.63) is 35.1 Å². The van der Waals surface area contributed by atoms with Crippen LogP contribution < -0.4 is 5.43 Å². The molecule has 1 saturated heterocycles. The van der Waals surface area contributed by atoms with Gasteiger partial charge >= 0.3 is 0 Å². The molecular weight excluding hydrogens is 241 g/mol. The number of hydrazine groups is 1. The summed E-state index contributed by atoms with van der Waals surface area (Å²) in [4.78, 5) is 0. The standard InChI is InChI=1S/C15H20FN3/c1-11-4-3-5-12(2)19(11)18-10-14-8-13(9-17)6-7-15(14)16/h6-8,11-12,18H,3-5,10H2,1-2H3. The SMILES string of the molecule is CC1CCCC(C)N1NCc1cc(C#N)ccc1F. The number of nitrogens with zero attached hydrogens (tertiary/aromatic N) is 2. The van der Waals surface area contributed by atoms with Gasteiger partial charge in [0, 0.05) is 24.2 Å². The van der Waals surface area contributed by atoms with Gasteiger partial charge in [-0.05, 0) is 44.9 Å². The Hall–Kier alpha value is -1.44. The summed E-state index contributed by atoms with van der Waals surface area (Å²) in [7, 11) is 0. The average Bonchev–Trinajstić information content (AvgIpc) is 2.40. The normalized spacial score (nSPS) is 24.1. The zero-order valence-corrected chi connectivity index (χ0v) is 11.5. The van der Waals surface area contributed by atoms with Gasteiger partial charge in [-0.1, -0.05) is 6.42 Å². The van der Waals surface area contributed by atoms with Gasteiger partial charge in [-0.3, -0.25) is 5.43 Å². The molecule has 0 bridgehead atoms. The van der Waals surface area contributed by atoms with Crippen LogP contribution in [-0.4, -0.2) is 17.1 Å². The zero-order chi connectivity index (χ0) is 13.8. The molecule has 0 aliphatic carbocycles. The van der Waals surface area contributed by atoms with Gasteiger partial charge in [0.05, 0.1) is 11.6 Å². The van der Waals surface area contributed by atoms with E-state index in [-0.39, 0.29) is 5.82 Å². The maximum atomic E-state index is 13.7. The van der Waals surface area contributed by atoms with Gasteiger partial charge in [-0.15, -0.1) is 0 Å². The third kappa shape index (κ3) is 3.31. The third-order valence-corrected chi connectivity index (χ3v) is 3.82. The lowest BCUT2D eigenvalue weighted by molar-refractivity contribution is 0.0432. The van der Waals surface area contributed by atoms with E-state index in [9.17, 15) is 4.39 Å². The molecule has 2 atom stereocenters. The predicted octanol–water partition coefficient (Wildman–Crippen LogP) is 2.96. The minimum absolute atomic E-state index is 0.260. The lowest BCUT2D eigenvalue weighted by Gasteiger charge is -2.39. The van der Waals surface area contributed by atoms with Crippen LogP contribution in [0.25, 0.3) is 0 Å². The van der Waals surface area contributed by atoms with Crippen molar-refractivity contribution in [3.63, 3.8) is 0 Å². The number of nitrogens with one attached hydrogen (secondary N) is 1. The molecule has 0 spiro atoms. The maximum Gasteiger partial charge on any atom is 0.127 e. The number of benzene rings is 1. The molecule has 1 aromatic rings. The highest BCUT2D eigenvalue weighted by Gasteiger charge is 2.24. The van der Waals surface area contributed by atoms with Crippen LogP contribution in [-0.2, 0) is 6.54 Å². The van der Waals surface area contributed by atoms with Crippen molar-refractivity contribution in [2.75, 3.05) is 0 Å². The summed E-state index contributed by atoms with van der Waals surface area (Å²) in [5.74, 6) is -0.260. The first-order chi connectivity index (χ1) is 9.11. The van der Waals surface area contributed by atoms with E-state index in [1.807, 2.05) is 6.07 Å². The Balaban J connectivity index is 2.03. The molecule has 1 aromatic carbocycles. The highest BCUT2D eigenvalue weighted by molar-refractivity contribution is 5.33. The van der Waals surface area contributed by atoms with Crippen molar-refractivity contribution < 1.29 is 4.39 Å². The van der Waals surface area contributed by atoms with Crippen LogP contribution in [0.3, 0.4) is 0 Å². The van der Waals surface area contributed by atoms with E-state index >= 15 is 0 Å². The molecule has 1 fully saturated rings. The van der Waals surface area contributed by atoms with E-state index in [1.165, 1.54) is 18.6 Å². The molecule has 0 saturated carbocycles. The fourth-order valence-electron chi connectivity index (χ4n) is 2.69. The van der Waals surface area contributed by atoms with E-state index in [0.29, 0.717) is 29.8 Å². The smallest absolute Gasteiger partial charge is 0.127 e. The second kappa shape index (κ2) is 6.14. The second-order valence-corrected chi connectivity index (χ2v) is 5.29. The van der Waals surface area contributed by atoms with E-state index in [0.717, 1.165) is 12.8 Å². The Bertz CT molecular complexity index is 471. The minimum Gasteiger partial charge on any atom is -0.250 e. The van der Waals surface area contributed by atoms with Gasteiger partial charge in [0.1, 0.15) is 5.82 Å². The van der Waals surface area contributed by atoms with Crippen molar-refractivity contribution in [1.29, 1.82) is 5.26 Å². The molecule has 102 valence electrons. The molecule has 3 nitrogen and oxygen atoms in total. The van der Waals surface area contributed by atoms with Crippen LogP contribution in [0, 0.1) is 17.1 Å². The van der Waals surface area contributed by atoms with E-state index < -0.39 is 0 Å². The Labute approximate surface area is 114 Å². The van der Waals surface area contributed by atoms with Crippen LogP contribution in [0.15, 0.2) is 18.2 Å². The first-order valence-corrected chi connectivity index (χ1v) is 6.82. The molecule has 19 heavy (non-hydrogen) atoms. The fourth-order valence-corrected chi connectivity index (χ4v) is 2.69. The summed E-state index contributed by atoms with van der Waals surface area (Å²) in [6, 6.07) is 7.45.